The second-order valence-electron chi connectivity index (χ2n) is 6.33. The Morgan fingerprint density at radius 1 is 0.640 bits per heavy atom. The molecule has 0 saturated carbocycles. The van der Waals surface area contributed by atoms with E-state index in [1.54, 1.807) is 13.8 Å². The molecule has 0 spiro atoms. The molecule has 0 aromatic rings. The fraction of sp³-hybridized carbons (Fsp3) is 1.00. The van der Waals surface area contributed by atoms with E-state index in [4.69, 9.17) is 34.3 Å². The summed E-state index contributed by atoms with van der Waals surface area (Å²) >= 11 is 0. The number of aliphatic hydroxyl groups is 3. The third-order valence-electron chi connectivity index (χ3n) is 2.97. The largest absolute Gasteiger partial charge is 0.394 e. The van der Waals surface area contributed by atoms with Gasteiger partial charge in [0.2, 0.25) is 0 Å². The number of aliphatic hydroxyl groups excluding tert-OH is 3. The first-order valence-electron chi connectivity index (χ1n) is 9.12. The van der Waals surface area contributed by atoms with Crippen molar-refractivity contribution in [1.29, 1.82) is 0 Å². The van der Waals surface area contributed by atoms with Gasteiger partial charge in [-0.1, -0.05) is 6.92 Å². The highest BCUT2D eigenvalue weighted by Crippen LogP contribution is 1.98. The SMILES string of the molecule is CC(O)COC(C)COC(C)CO.CCCOC(C)COC(C)CO. The molecule has 0 fully saturated rings. The van der Waals surface area contributed by atoms with Gasteiger partial charge in [0.1, 0.15) is 0 Å². The van der Waals surface area contributed by atoms with E-state index in [1.807, 2.05) is 20.8 Å². The van der Waals surface area contributed by atoms with Crippen LogP contribution in [0.5, 0.6) is 0 Å². The highest BCUT2D eigenvalue weighted by Gasteiger charge is 2.07. The van der Waals surface area contributed by atoms with Gasteiger partial charge in [-0.3, -0.25) is 0 Å². The van der Waals surface area contributed by atoms with Crippen molar-refractivity contribution < 1.29 is 34.3 Å². The number of hydrogen-bond acceptors (Lipinski definition) is 7. The second kappa shape index (κ2) is 18.5. The van der Waals surface area contributed by atoms with Gasteiger partial charge < -0.3 is 34.3 Å². The number of rotatable bonds is 14. The first-order chi connectivity index (χ1) is 11.8. The lowest BCUT2D eigenvalue weighted by atomic mass is 10.4. The Morgan fingerprint density at radius 2 is 1.04 bits per heavy atom. The molecule has 5 atom stereocenters. The molecule has 7 nitrogen and oxygen atoms in total. The first kappa shape index (κ1) is 26.9. The van der Waals surface area contributed by atoms with Crippen LogP contribution in [-0.2, 0) is 18.9 Å². The van der Waals surface area contributed by atoms with E-state index in [1.165, 1.54) is 0 Å². The Hall–Kier alpha value is -0.280. The van der Waals surface area contributed by atoms with Gasteiger partial charge in [-0.25, -0.2) is 0 Å². The molecule has 0 amide bonds. The van der Waals surface area contributed by atoms with E-state index in [-0.39, 0.29) is 37.6 Å². The van der Waals surface area contributed by atoms with Crippen molar-refractivity contribution in [2.24, 2.45) is 0 Å². The van der Waals surface area contributed by atoms with Gasteiger partial charge in [0.15, 0.2) is 0 Å². The molecule has 0 aliphatic rings. The quantitative estimate of drug-likeness (QED) is 0.426. The van der Waals surface area contributed by atoms with Gasteiger partial charge in [-0.05, 0) is 41.0 Å². The molecular formula is C18H40O7. The molecule has 154 valence electrons. The molecule has 25 heavy (non-hydrogen) atoms. The van der Waals surface area contributed by atoms with Gasteiger partial charge in [-0.15, -0.1) is 0 Å². The summed E-state index contributed by atoms with van der Waals surface area (Å²) in [6.45, 7) is 13.4. The average molecular weight is 369 g/mol. The summed E-state index contributed by atoms with van der Waals surface area (Å²) < 4.78 is 21.1. The average Bonchev–Trinajstić information content (AvgIpc) is 2.60. The van der Waals surface area contributed by atoms with Gasteiger partial charge in [0.25, 0.3) is 0 Å². The van der Waals surface area contributed by atoms with E-state index >= 15 is 0 Å². The standard InChI is InChI=1S/C9H20O4.C9H20O3/c1-7(11)5-12-9(3)6-13-8(2)4-10;1-4-5-11-9(3)7-12-8(2)6-10/h7-11H,4-6H2,1-3H3;8-10H,4-7H2,1-3H3. The molecule has 0 aliphatic carbocycles. The molecular weight excluding hydrogens is 328 g/mol. The molecule has 0 aromatic heterocycles. The van der Waals surface area contributed by atoms with Crippen LogP contribution in [0.25, 0.3) is 0 Å². The number of hydrogen-bond donors (Lipinski definition) is 3. The second-order valence-corrected chi connectivity index (χ2v) is 6.33. The zero-order valence-electron chi connectivity index (χ0n) is 16.8. The first-order valence-corrected chi connectivity index (χ1v) is 9.12. The fourth-order valence-corrected chi connectivity index (χ4v) is 1.42. The van der Waals surface area contributed by atoms with E-state index < -0.39 is 6.10 Å². The van der Waals surface area contributed by atoms with Gasteiger partial charge in [0, 0.05) is 6.61 Å². The van der Waals surface area contributed by atoms with Crippen molar-refractivity contribution in [2.45, 2.75) is 78.5 Å². The van der Waals surface area contributed by atoms with Crippen LogP contribution in [0.15, 0.2) is 0 Å². The predicted molar refractivity (Wildman–Crippen MR) is 97.8 cm³/mol. The van der Waals surface area contributed by atoms with Crippen molar-refractivity contribution >= 4 is 0 Å². The van der Waals surface area contributed by atoms with Gasteiger partial charge >= 0.3 is 0 Å². The lowest BCUT2D eigenvalue weighted by molar-refractivity contribution is -0.0620. The Morgan fingerprint density at radius 3 is 1.40 bits per heavy atom. The highest BCUT2D eigenvalue weighted by molar-refractivity contribution is 4.53. The van der Waals surface area contributed by atoms with E-state index in [0.717, 1.165) is 13.0 Å². The predicted octanol–water partition coefficient (Wildman–Crippen LogP) is 1.37. The monoisotopic (exact) mass is 368 g/mol. The minimum Gasteiger partial charge on any atom is -0.394 e. The van der Waals surface area contributed by atoms with Gasteiger partial charge in [0.05, 0.1) is 63.6 Å². The minimum atomic E-state index is -0.447. The summed E-state index contributed by atoms with van der Waals surface area (Å²) in [5.74, 6) is 0. The number of ether oxygens (including phenoxy) is 4. The molecule has 0 heterocycles. The third kappa shape index (κ3) is 21.7. The van der Waals surface area contributed by atoms with Crippen LogP contribution in [-0.4, -0.2) is 85.5 Å². The summed E-state index contributed by atoms with van der Waals surface area (Å²) in [7, 11) is 0. The lowest BCUT2D eigenvalue weighted by Crippen LogP contribution is -2.24. The minimum absolute atomic E-state index is 0.0170. The highest BCUT2D eigenvalue weighted by atomic mass is 16.5. The van der Waals surface area contributed by atoms with Crippen LogP contribution in [0, 0.1) is 0 Å². The van der Waals surface area contributed by atoms with Crippen molar-refractivity contribution in [3.05, 3.63) is 0 Å². The molecule has 0 saturated heterocycles. The topological polar surface area (TPSA) is 97.6 Å². The molecule has 3 N–H and O–H groups in total. The Bertz CT molecular complexity index is 264. The zero-order chi connectivity index (χ0) is 19.7. The fourth-order valence-electron chi connectivity index (χ4n) is 1.42. The zero-order valence-corrected chi connectivity index (χ0v) is 16.8. The van der Waals surface area contributed by atoms with Crippen LogP contribution in [0.4, 0.5) is 0 Å². The lowest BCUT2D eigenvalue weighted by Gasteiger charge is -2.16. The van der Waals surface area contributed by atoms with Crippen molar-refractivity contribution in [3.8, 4) is 0 Å². The molecule has 5 unspecified atom stereocenters. The summed E-state index contributed by atoms with van der Waals surface area (Å²) in [4.78, 5) is 0. The summed E-state index contributed by atoms with van der Waals surface area (Å²) in [5, 5.41) is 26.2. The van der Waals surface area contributed by atoms with E-state index in [0.29, 0.717) is 19.8 Å². The molecule has 7 heteroatoms. The molecule has 0 aromatic carbocycles. The molecule has 0 rings (SSSR count). The summed E-state index contributed by atoms with van der Waals surface area (Å²) in [6.07, 6.45) is 0.412. The maximum Gasteiger partial charge on any atom is 0.0781 e. The molecule has 0 bridgehead atoms. The third-order valence-corrected chi connectivity index (χ3v) is 2.97. The smallest absolute Gasteiger partial charge is 0.0781 e. The van der Waals surface area contributed by atoms with Crippen molar-refractivity contribution in [3.63, 3.8) is 0 Å². The summed E-state index contributed by atoms with van der Waals surface area (Å²) in [6, 6.07) is 0. The molecule has 0 radical (unpaired) electrons. The van der Waals surface area contributed by atoms with Crippen LogP contribution >= 0.6 is 0 Å². The Kier molecular flexibility index (Phi) is 19.9. The van der Waals surface area contributed by atoms with Crippen LogP contribution in [0.2, 0.25) is 0 Å². The molecule has 0 aliphatic heterocycles. The summed E-state index contributed by atoms with van der Waals surface area (Å²) in [5.41, 5.74) is 0. The maximum atomic E-state index is 8.92. The van der Waals surface area contributed by atoms with Crippen LogP contribution in [0.3, 0.4) is 0 Å². The van der Waals surface area contributed by atoms with Crippen LogP contribution in [0.1, 0.15) is 48.0 Å². The Labute approximate surface area is 153 Å². The normalized spacial score (nSPS) is 17.2. The van der Waals surface area contributed by atoms with Crippen molar-refractivity contribution in [2.75, 3.05) is 39.6 Å². The maximum absolute atomic E-state index is 8.92. The van der Waals surface area contributed by atoms with Gasteiger partial charge in [-0.2, -0.15) is 0 Å². The Balaban J connectivity index is 0. The van der Waals surface area contributed by atoms with Crippen LogP contribution < -0.4 is 0 Å². The van der Waals surface area contributed by atoms with E-state index in [2.05, 4.69) is 6.92 Å². The van der Waals surface area contributed by atoms with Crippen molar-refractivity contribution in [1.82, 2.24) is 0 Å². The van der Waals surface area contributed by atoms with E-state index in [9.17, 15) is 0 Å².